The van der Waals surface area contributed by atoms with Gasteiger partial charge in [-0.3, -0.25) is 20.4 Å². The number of amides is 1. The number of carbonyl (C=O) groups is 1. The van der Waals surface area contributed by atoms with Crippen molar-refractivity contribution >= 4 is 17.8 Å². The molecule has 0 saturated carbocycles. The molecule has 0 spiro atoms. The number of rotatable bonds is 8. The van der Waals surface area contributed by atoms with Crippen LogP contribution in [0.4, 0.5) is 5.95 Å². The fourth-order valence-electron chi connectivity index (χ4n) is 2.70. The van der Waals surface area contributed by atoms with Crippen molar-refractivity contribution in [3.8, 4) is 11.5 Å². The molecule has 31 heavy (non-hydrogen) atoms. The average Bonchev–Trinajstić information content (AvgIpc) is 3.25. The van der Waals surface area contributed by atoms with E-state index in [0.29, 0.717) is 30.4 Å². The van der Waals surface area contributed by atoms with Crippen molar-refractivity contribution in [1.82, 2.24) is 25.3 Å². The van der Waals surface area contributed by atoms with E-state index in [-0.39, 0.29) is 18.5 Å². The number of ether oxygens (including phenoxy) is 2. The molecule has 10 nitrogen and oxygen atoms in total. The first-order valence-electron chi connectivity index (χ1n) is 9.69. The number of aliphatic imine (C=N–C) groups is 1. The van der Waals surface area contributed by atoms with Crippen LogP contribution in [-0.4, -0.2) is 52.1 Å². The lowest BCUT2D eigenvalue weighted by Crippen LogP contribution is -2.39. The molecule has 3 rings (SSSR count). The maximum Gasteiger partial charge on any atom is 0.264 e. The predicted molar refractivity (Wildman–Crippen MR) is 116 cm³/mol. The van der Waals surface area contributed by atoms with E-state index in [1.165, 1.54) is 0 Å². The van der Waals surface area contributed by atoms with Crippen molar-refractivity contribution < 1.29 is 14.3 Å². The first kappa shape index (κ1) is 21.8. The Kier molecular flexibility index (Phi) is 7.52. The topological polar surface area (TPSA) is 126 Å². The number of guanidine groups is 1. The fourth-order valence-corrected chi connectivity index (χ4v) is 2.70. The van der Waals surface area contributed by atoms with Gasteiger partial charge in [0.05, 0.1) is 13.4 Å². The highest BCUT2D eigenvalue weighted by Gasteiger charge is 2.10. The van der Waals surface area contributed by atoms with Gasteiger partial charge in [-0.05, 0) is 44.2 Å². The quantitative estimate of drug-likeness (QED) is 0.374. The van der Waals surface area contributed by atoms with Crippen LogP contribution in [0.15, 0.2) is 47.8 Å². The lowest BCUT2D eigenvalue weighted by Gasteiger charge is -2.12. The van der Waals surface area contributed by atoms with Crippen molar-refractivity contribution in [3.05, 3.63) is 59.9 Å². The van der Waals surface area contributed by atoms with Gasteiger partial charge >= 0.3 is 0 Å². The zero-order valence-electron chi connectivity index (χ0n) is 17.7. The number of nitrogens with zero attached hydrogens (tertiary/aromatic N) is 4. The van der Waals surface area contributed by atoms with Crippen LogP contribution in [0, 0.1) is 13.8 Å². The van der Waals surface area contributed by atoms with Crippen LogP contribution in [-0.2, 0) is 11.2 Å². The van der Waals surface area contributed by atoms with E-state index < -0.39 is 0 Å². The molecule has 0 atom stereocenters. The number of imidazole rings is 1. The van der Waals surface area contributed by atoms with Crippen LogP contribution in [0.3, 0.4) is 0 Å². The number of nitrogens with one attached hydrogen (secondary N) is 3. The number of hydrogen-bond donors (Lipinski definition) is 3. The molecule has 1 aromatic carbocycles. The number of methoxy groups -OCH3 is 1. The first-order chi connectivity index (χ1) is 15.0. The molecule has 1 amide bonds. The molecule has 2 aromatic heterocycles. The van der Waals surface area contributed by atoms with Crippen LogP contribution in [0.25, 0.3) is 0 Å². The number of anilines is 1. The number of aromatic amines is 1. The lowest BCUT2D eigenvalue weighted by molar-refractivity contribution is -0.121. The highest BCUT2D eigenvalue weighted by molar-refractivity contribution is 6.03. The molecule has 0 aliphatic carbocycles. The zero-order valence-corrected chi connectivity index (χ0v) is 17.7. The molecular formula is C21H25N7O3. The second kappa shape index (κ2) is 10.7. The summed E-state index contributed by atoms with van der Waals surface area (Å²) in [4.78, 5) is 32.5. The number of aryl methyl sites for hydroxylation is 2. The molecule has 162 valence electrons. The number of H-pyrrole nitrogens is 1. The van der Waals surface area contributed by atoms with E-state index in [4.69, 9.17) is 9.47 Å². The molecule has 10 heteroatoms. The van der Waals surface area contributed by atoms with Gasteiger partial charge in [-0.15, -0.1) is 0 Å². The SMILES string of the molecule is COc1ccc(OCC(=O)NC(=NCCc2cnc[nH]2)Nc2nc(C)cc(C)n2)cc1. The summed E-state index contributed by atoms with van der Waals surface area (Å²) in [5, 5.41) is 5.70. The van der Waals surface area contributed by atoms with E-state index in [0.717, 1.165) is 17.1 Å². The van der Waals surface area contributed by atoms with E-state index in [2.05, 4.69) is 35.6 Å². The van der Waals surface area contributed by atoms with E-state index in [9.17, 15) is 4.79 Å². The zero-order chi connectivity index (χ0) is 22.1. The minimum atomic E-state index is -0.368. The second-order valence-electron chi connectivity index (χ2n) is 6.67. The second-order valence-corrected chi connectivity index (χ2v) is 6.67. The van der Waals surface area contributed by atoms with Gasteiger partial charge < -0.3 is 14.5 Å². The lowest BCUT2D eigenvalue weighted by atomic mass is 10.3. The van der Waals surface area contributed by atoms with Gasteiger partial charge in [-0.25, -0.2) is 15.0 Å². The highest BCUT2D eigenvalue weighted by atomic mass is 16.5. The first-order valence-corrected chi connectivity index (χ1v) is 9.69. The molecule has 3 aromatic rings. The normalized spacial score (nSPS) is 11.1. The molecule has 0 radical (unpaired) electrons. The van der Waals surface area contributed by atoms with Gasteiger partial charge in [0.1, 0.15) is 11.5 Å². The van der Waals surface area contributed by atoms with Gasteiger partial charge in [0.2, 0.25) is 11.9 Å². The van der Waals surface area contributed by atoms with Gasteiger partial charge in [0.25, 0.3) is 5.91 Å². The maximum atomic E-state index is 12.4. The van der Waals surface area contributed by atoms with Crippen molar-refractivity contribution in [2.45, 2.75) is 20.3 Å². The molecule has 0 aliphatic rings. The average molecular weight is 423 g/mol. The van der Waals surface area contributed by atoms with E-state index in [1.54, 1.807) is 43.9 Å². The third kappa shape index (κ3) is 7.11. The Balaban J connectivity index is 1.63. The highest BCUT2D eigenvalue weighted by Crippen LogP contribution is 2.16. The van der Waals surface area contributed by atoms with Gasteiger partial charge in [0.15, 0.2) is 6.61 Å². The summed E-state index contributed by atoms with van der Waals surface area (Å²) < 4.78 is 10.6. The monoisotopic (exact) mass is 423 g/mol. The molecule has 0 unspecified atom stereocenters. The van der Waals surface area contributed by atoms with Crippen LogP contribution < -0.4 is 20.1 Å². The number of hydrogen-bond acceptors (Lipinski definition) is 7. The van der Waals surface area contributed by atoms with Crippen LogP contribution in [0.2, 0.25) is 0 Å². The van der Waals surface area contributed by atoms with Gasteiger partial charge in [-0.1, -0.05) is 0 Å². The minimum Gasteiger partial charge on any atom is -0.497 e. The fraction of sp³-hybridized carbons (Fsp3) is 0.286. The van der Waals surface area contributed by atoms with Crippen LogP contribution in [0.1, 0.15) is 17.1 Å². The Bertz CT molecular complexity index is 998. The van der Waals surface area contributed by atoms with Crippen molar-refractivity contribution in [2.24, 2.45) is 4.99 Å². The summed E-state index contributed by atoms with van der Waals surface area (Å²) in [5.74, 6) is 1.50. The molecule has 0 bridgehead atoms. The summed E-state index contributed by atoms with van der Waals surface area (Å²) in [5.41, 5.74) is 2.56. The summed E-state index contributed by atoms with van der Waals surface area (Å²) in [7, 11) is 1.59. The summed E-state index contributed by atoms with van der Waals surface area (Å²) in [6, 6.07) is 8.84. The molecule has 0 saturated heterocycles. The van der Waals surface area contributed by atoms with Crippen LogP contribution >= 0.6 is 0 Å². The predicted octanol–water partition coefficient (Wildman–Crippen LogP) is 2.03. The van der Waals surface area contributed by atoms with Crippen molar-refractivity contribution in [2.75, 3.05) is 25.6 Å². The molecule has 0 aliphatic heterocycles. The maximum absolute atomic E-state index is 12.4. The van der Waals surface area contributed by atoms with Crippen molar-refractivity contribution in [3.63, 3.8) is 0 Å². The van der Waals surface area contributed by atoms with Crippen molar-refractivity contribution in [1.29, 1.82) is 0 Å². The molecule has 0 fully saturated rings. The minimum absolute atomic E-state index is 0.179. The van der Waals surface area contributed by atoms with Gasteiger partial charge in [0, 0.05) is 36.2 Å². The summed E-state index contributed by atoms with van der Waals surface area (Å²) in [6.45, 7) is 3.99. The van der Waals surface area contributed by atoms with E-state index >= 15 is 0 Å². The Morgan fingerprint density at radius 2 is 1.84 bits per heavy atom. The standard InChI is InChI=1S/C21H25N7O3/c1-14-10-15(2)26-21(25-14)28-20(23-9-8-16-11-22-13-24-16)27-19(29)12-31-18-6-4-17(30-3)5-7-18/h4-7,10-11,13H,8-9,12H2,1-3H3,(H,22,24)(H2,23,25,26,27,28,29). The largest absolute Gasteiger partial charge is 0.497 e. The van der Waals surface area contributed by atoms with E-state index in [1.807, 2.05) is 19.9 Å². The summed E-state index contributed by atoms with van der Waals surface area (Å²) in [6.07, 6.45) is 3.98. The third-order valence-electron chi connectivity index (χ3n) is 4.11. The number of benzene rings is 1. The third-order valence-corrected chi connectivity index (χ3v) is 4.11. The Labute approximate surface area is 180 Å². The molecular weight excluding hydrogens is 398 g/mol. The number of carbonyl (C=O) groups excluding carboxylic acids is 1. The van der Waals surface area contributed by atoms with Crippen LogP contribution in [0.5, 0.6) is 11.5 Å². The Morgan fingerprint density at radius 3 is 2.48 bits per heavy atom. The Hall–Kier alpha value is -3.95. The smallest absolute Gasteiger partial charge is 0.264 e. The number of aromatic nitrogens is 4. The Morgan fingerprint density at radius 1 is 1.13 bits per heavy atom. The molecule has 3 N–H and O–H groups in total. The molecule has 2 heterocycles. The van der Waals surface area contributed by atoms with Gasteiger partial charge in [-0.2, -0.15) is 0 Å². The summed E-state index contributed by atoms with van der Waals surface area (Å²) >= 11 is 0.